The Hall–Kier alpha value is -1.82. The highest BCUT2D eigenvalue weighted by molar-refractivity contribution is 9.10. The van der Waals surface area contributed by atoms with Crippen LogP contribution in [0.1, 0.15) is 6.92 Å². The number of benzene rings is 1. The number of carbonyl (C=O) groups excluding carboxylic acids is 1. The van der Waals surface area contributed by atoms with Crippen LogP contribution in [0.5, 0.6) is 5.75 Å². The Balaban J connectivity index is 1.73. The van der Waals surface area contributed by atoms with E-state index >= 15 is 0 Å². The summed E-state index contributed by atoms with van der Waals surface area (Å²) in [6, 6.07) is 7.76. The normalized spacial score (nSPS) is 16.4. The third kappa shape index (κ3) is 7.30. The van der Waals surface area contributed by atoms with E-state index in [9.17, 15) is 9.18 Å². The molecule has 0 aliphatic carbocycles. The van der Waals surface area contributed by atoms with Gasteiger partial charge in [0.15, 0.2) is 0 Å². The van der Waals surface area contributed by atoms with Crippen LogP contribution in [0.3, 0.4) is 0 Å². The SMILES string of the molecule is C#CCOCCOCCOc1cccc(N2CCN(C(=O)C(C)(F)Br)CC2)c1. The van der Waals surface area contributed by atoms with Gasteiger partial charge in [0.1, 0.15) is 19.0 Å². The highest BCUT2D eigenvalue weighted by Crippen LogP contribution is 2.25. The average Bonchev–Trinajstić information content (AvgIpc) is 2.69. The summed E-state index contributed by atoms with van der Waals surface area (Å²) in [6.45, 7) is 5.56. The molecule has 0 spiro atoms. The van der Waals surface area contributed by atoms with Gasteiger partial charge in [0.25, 0.3) is 5.91 Å². The maximum absolute atomic E-state index is 13.8. The van der Waals surface area contributed by atoms with Crippen molar-refractivity contribution in [1.29, 1.82) is 0 Å². The minimum atomic E-state index is -2.02. The smallest absolute Gasteiger partial charge is 0.271 e. The lowest BCUT2D eigenvalue weighted by molar-refractivity contribution is -0.137. The number of carbonyl (C=O) groups is 1. The molecule has 0 bridgehead atoms. The second-order valence-corrected chi connectivity index (χ2v) is 7.87. The van der Waals surface area contributed by atoms with Gasteiger partial charge in [-0.25, -0.2) is 4.39 Å². The maximum atomic E-state index is 13.8. The van der Waals surface area contributed by atoms with Crippen LogP contribution in [-0.4, -0.2) is 74.6 Å². The Kier molecular flexibility index (Phi) is 9.03. The summed E-state index contributed by atoms with van der Waals surface area (Å²) < 4.78 is 28.0. The molecule has 28 heavy (non-hydrogen) atoms. The first-order chi connectivity index (χ1) is 13.4. The van der Waals surface area contributed by atoms with Gasteiger partial charge in [-0.2, -0.15) is 0 Å². The molecule has 0 N–H and O–H groups in total. The summed E-state index contributed by atoms with van der Waals surface area (Å²) in [5, 5.41) is 0. The largest absolute Gasteiger partial charge is 0.491 e. The highest BCUT2D eigenvalue weighted by atomic mass is 79.9. The van der Waals surface area contributed by atoms with Gasteiger partial charge in [0, 0.05) is 37.9 Å². The molecule has 1 atom stereocenters. The number of hydrogen-bond donors (Lipinski definition) is 0. The Bertz CT molecular complexity index is 667. The third-order valence-electron chi connectivity index (χ3n) is 4.18. The van der Waals surface area contributed by atoms with Crippen molar-refractivity contribution in [2.75, 3.05) is 64.1 Å². The molecular formula is C20H26BrFN2O4. The molecule has 154 valence electrons. The lowest BCUT2D eigenvalue weighted by Gasteiger charge is -2.37. The van der Waals surface area contributed by atoms with Crippen molar-refractivity contribution in [1.82, 2.24) is 4.90 Å². The van der Waals surface area contributed by atoms with Crippen molar-refractivity contribution in [2.45, 2.75) is 11.5 Å². The molecule has 1 aromatic rings. The van der Waals surface area contributed by atoms with Crippen LogP contribution in [-0.2, 0) is 14.3 Å². The van der Waals surface area contributed by atoms with E-state index in [0.717, 1.165) is 11.4 Å². The Morgan fingerprint density at radius 3 is 2.57 bits per heavy atom. The van der Waals surface area contributed by atoms with Gasteiger partial charge in [-0.1, -0.05) is 12.0 Å². The maximum Gasteiger partial charge on any atom is 0.271 e. The van der Waals surface area contributed by atoms with Crippen molar-refractivity contribution in [2.24, 2.45) is 0 Å². The molecule has 1 fully saturated rings. The summed E-state index contributed by atoms with van der Waals surface area (Å²) in [5.74, 6) is 2.61. The molecule has 0 radical (unpaired) electrons. The second-order valence-electron chi connectivity index (χ2n) is 6.38. The number of terminal acetylenes is 1. The van der Waals surface area contributed by atoms with E-state index in [1.807, 2.05) is 24.3 Å². The molecule has 1 aromatic carbocycles. The summed E-state index contributed by atoms with van der Waals surface area (Å²) >= 11 is 2.79. The first kappa shape index (κ1) is 22.5. The van der Waals surface area contributed by atoms with Crippen molar-refractivity contribution in [3.05, 3.63) is 24.3 Å². The molecule has 6 nitrogen and oxygen atoms in total. The zero-order valence-corrected chi connectivity index (χ0v) is 17.6. The number of anilines is 1. The molecule has 1 amide bonds. The number of rotatable bonds is 10. The van der Waals surface area contributed by atoms with Gasteiger partial charge in [-0.05, 0) is 35.0 Å². The van der Waals surface area contributed by atoms with Crippen LogP contribution in [0.25, 0.3) is 0 Å². The standard InChI is InChI=1S/C20H26BrFN2O4/c1-3-11-26-12-13-27-14-15-28-18-6-4-5-17(16-18)23-7-9-24(10-8-23)19(25)20(2,21)22/h1,4-6,16H,7-15H2,2H3. The number of amides is 1. The molecular weight excluding hydrogens is 431 g/mol. The van der Waals surface area contributed by atoms with E-state index in [0.29, 0.717) is 52.6 Å². The zero-order valence-electron chi connectivity index (χ0n) is 16.0. The van der Waals surface area contributed by atoms with Gasteiger partial charge < -0.3 is 24.0 Å². The summed E-state index contributed by atoms with van der Waals surface area (Å²) in [6.07, 6.45) is 5.09. The van der Waals surface area contributed by atoms with E-state index in [1.165, 1.54) is 11.8 Å². The van der Waals surface area contributed by atoms with Gasteiger partial charge >= 0.3 is 0 Å². The Morgan fingerprint density at radius 1 is 1.21 bits per heavy atom. The predicted molar refractivity (Wildman–Crippen MR) is 110 cm³/mol. The number of ether oxygens (including phenoxy) is 3. The molecule has 1 aliphatic heterocycles. The van der Waals surface area contributed by atoms with Crippen molar-refractivity contribution >= 4 is 27.5 Å². The first-order valence-corrected chi connectivity index (χ1v) is 9.95. The molecule has 2 rings (SSSR count). The van der Waals surface area contributed by atoms with Gasteiger partial charge in [-0.15, -0.1) is 6.42 Å². The van der Waals surface area contributed by atoms with E-state index in [-0.39, 0.29) is 6.61 Å². The molecule has 1 saturated heterocycles. The summed E-state index contributed by atoms with van der Waals surface area (Å²) in [4.78, 5) is 15.7. The van der Waals surface area contributed by atoms with Crippen molar-refractivity contribution in [3.63, 3.8) is 0 Å². The number of halogens is 2. The highest BCUT2D eigenvalue weighted by Gasteiger charge is 2.35. The third-order valence-corrected chi connectivity index (χ3v) is 4.52. The van der Waals surface area contributed by atoms with Crippen LogP contribution in [0, 0.1) is 12.3 Å². The van der Waals surface area contributed by atoms with Crippen LogP contribution >= 0.6 is 15.9 Å². The Labute approximate surface area is 174 Å². The molecule has 1 aliphatic rings. The minimum absolute atomic E-state index is 0.290. The van der Waals surface area contributed by atoms with Crippen molar-refractivity contribution in [3.8, 4) is 18.1 Å². The van der Waals surface area contributed by atoms with Crippen LogP contribution in [0.15, 0.2) is 24.3 Å². The predicted octanol–water partition coefficient (Wildman–Crippen LogP) is 2.46. The summed E-state index contributed by atoms with van der Waals surface area (Å²) in [5.41, 5.74) is 1.01. The lowest BCUT2D eigenvalue weighted by Crippen LogP contribution is -2.52. The number of piperazine rings is 1. The lowest BCUT2D eigenvalue weighted by atomic mass is 10.2. The number of nitrogens with zero attached hydrogens (tertiary/aromatic N) is 2. The molecule has 8 heteroatoms. The fraction of sp³-hybridized carbons (Fsp3) is 0.550. The molecule has 0 aromatic heterocycles. The van der Waals surface area contributed by atoms with E-state index in [2.05, 4.69) is 26.8 Å². The average molecular weight is 457 g/mol. The Morgan fingerprint density at radius 2 is 1.89 bits per heavy atom. The van der Waals surface area contributed by atoms with Gasteiger partial charge in [-0.3, -0.25) is 4.79 Å². The van der Waals surface area contributed by atoms with Crippen LogP contribution < -0.4 is 9.64 Å². The fourth-order valence-corrected chi connectivity index (χ4v) is 3.04. The number of hydrogen-bond acceptors (Lipinski definition) is 5. The van der Waals surface area contributed by atoms with Crippen LogP contribution in [0.2, 0.25) is 0 Å². The first-order valence-electron chi connectivity index (χ1n) is 9.16. The van der Waals surface area contributed by atoms with Gasteiger partial charge in [0.2, 0.25) is 4.58 Å². The van der Waals surface area contributed by atoms with E-state index < -0.39 is 10.5 Å². The van der Waals surface area contributed by atoms with E-state index in [4.69, 9.17) is 20.6 Å². The second kappa shape index (κ2) is 11.2. The van der Waals surface area contributed by atoms with Gasteiger partial charge in [0.05, 0.1) is 19.8 Å². The molecule has 0 saturated carbocycles. The van der Waals surface area contributed by atoms with Crippen molar-refractivity contribution < 1.29 is 23.4 Å². The zero-order chi connectivity index (χ0) is 20.4. The quantitative estimate of drug-likeness (QED) is 0.307. The topological polar surface area (TPSA) is 51.2 Å². The van der Waals surface area contributed by atoms with E-state index in [1.54, 1.807) is 0 Å². The summed E-state index contributed by atoms with van der Waals surface area (Å²) in [7, 11) is 0. The fourth-order valence-electron chi connectivity index (χ4n) is 2.78. The monoisotopic (exact) mass is 456 g/mol. The number of alkyl halides is 2. The molecule has 1 unspecified atom stereocenters. The van der Waals surface area contributed by atoms with Crippen LogP contribution in [0.4, 0.5) is 10.1 Å². The molecule has 1 heterocycles. The minimum Gasteiger partial charge on any atom is -0.491 e.